The van der Waals surface area contributed by atoms with E-state index in [9.17, 15) is 116 Å². The summed E-state index contributed by atoms with van der Waals surface area (Å²) in [7, 11) is -19.2. The smallest absolute Gasteiger partial charge is 0.368 e. The quantitative estimate of drug-likeness (QED) is 0.0212. The van der Waals surface area contributed by atoms with Gasteiger partial charge in [-0.25, -0.2) is 66.6 Å². The Kier molecular flexibility index (Phi) is 28.3. The second kappa shape index (κ2) is 35.3. The molecule has 3 saturated heterocycles. The van der Waals surface area contributed by atoms with Crippen molar-refractivity contribution in [2.75, 3.05) is 19.8 Å². The monoisotopic (exact) mass is 1760 g/mol. The van der Waals surface area contributed by atoms with E-state index < -0.39 is 170 Å². The van der Waals surface area contributed by atoms with E-state index >= 15 is 0 Å². The number of aromatic amines is 1. The topological polar surface area (TPSA) is 344 Å². The zero-order valence-corrected chi connectivity index (χ0v) is 68.5. The summed E-state index contributed by atoms with van der Waals surface area (Å²) in [5, 5.41) is -15.7. The first-order chi connectivity index (χ1) is 54.6. The summed E-state index contributed by atoms with van der Waals surface area (Å²) in [5.41, 5.74) is -11.3. The van der Waals surface area contributed by atoms with E-state index in [1.807, 2.05) is 128 Å². The predicted molar refractivity (Wildman–Crippen MR) is 397 cm³/mol. The van der Waals surface area contributed by atoms with Gasteiger partial charge in [0, 0.05) is 28.4 Å². The van der Waals surface area contributed by atoms with Crippen LogP contribution in [-0.4, -0.2) is 146 Å². The largest absolute Gasteiger partial charge is 0.743 e. The van der Waals surface area contributed by atoms with Gasteiger partial charge in [-0.05, 0) is 156 Å². The number of esters is 6. The number of H-pyrrole nitrogens is 1. The van der Waals surface area contributed by atoms with Crippen molar-refractivity contribution >= 4 is 88.0 Å². The highest BCUT2D eigenvalue weighted by molar-refractivity contribution is 7.97. The maximum absolute atomic E-state index is 13.4. The fourth-order valence-corrected chi connectivity index (χ4v) is 19.5. The van der Waals surface area contributed by atoms with Crippen molar-refractivity contribution in [2.45, 2.75) is 181 Å². The molecule has 1 N–H and O–H groups in total. The van der Waals surface area contributed by atoms with Crippen LogP contribution in [0.15, 0.2) is 230 Å². The molecule has 4 heterocycles. The highest BCUT2D eigenvalue weighted by Gasteiger charge is 2.79. The van der Waals surface area contributed by atoms with Gasteiger partial charge in [0.1, 0.15) is 31.5 Å². The van der Waals surface area contributed by atoms with Gasteiger partial charge in [-0.1, -0.05) is 120 Å². The Hall–Kier alpha value is -9.05. The van der Waals surface area contributed by atoms with Crippen molar-refractivity contribution in [3.63, 3.8) is 0 Å². The van der Waals surface area contributed by atoms with E-state index in [1.165, 1.54) is 43.8 Å². The van der Waals surface area contributed by atoms with Crippen LogP contribution in [0.3, 0.4) is 0 Å². The van der Waals surface area contributed by atoms with Crippen LogP contribution in [0.4, 0.5) is 48.3 Å². The summed E-state index contributed by atoms with van der Waals surface area (Å²) in [6, 6.07) is 60.9. The number of pyridine rings is 1. The molecule has 640 valence electrons. The van der Waals surface area contributed by atoms with E-state index in [0.717, 1.165) is 9.79 Å². The molecule has 3 aliphatic heterocycles. The predicted octanol–water partition coefficient (Wildman–Crippen LogP) is 13.7. The van der Waals surface area contributed by atoms with Crippen molar-refractivity contribution in [3.05, 3.63) is 212 Å². The number of hydrogen-bond acceptors (Lipinski definition) is 21. The number of carbonyl (C=O) groups is 6. The number of alkyl halides is 9. The lowest BCUT2D eigenvalue weighted by molar-refractivity contribution is -0.378. The minimum absolute atomic E-state index is 0.0638. The van der Waals surface area contributed by atoms with Crippen LogP contribution in [0, 0.1) is 44.1 Å². The Balaban J connectivity index is 0.000000181. The zero-order valence-electron chi connectivity index (χ0n) is 64.4. The summed E-state index contributed by atoms with van der Waals surface area (Å²) in [6.45, 7) is 9.20. The lowest BCUT2D eigenvalue weighted by Crippen LogP contribution is -2.50. The van der Waals surface area contributed by atoms with Gasteiger partial charge in [-0.2, -0.15) is 26.3 Å². The zero-order chi connectivity index (χ0) is 88.1. The number of benzene rings is 6. The molecule has 0 spiro atoms. The van der Waals surface area contributed by atoms with Crippen LogP contribution in [0.2, 0.25) is 0 Å². The highest BCUT2D eigenvalue weighted by atomic mass is 32.2. The fraction of sp³-hybridized carbons (Fsp3) is 0.412. The Morgan fingerprint density at radius 1 is 0.373 bits per heavy atom. The van der Waals surface area contributed by atoms with E-state index in [1.54, 1.807) is 62.3 Å². The van der Waals surface area contributed by atoms with Gasteiger partial charge in [0.15, 0.2) is 72.1 Å². The van der Waals surface area contributed by atoms with Crippen LogP contribution in [0.1, 0.15) is 101 Å². The minimum atomic E-state index is -6.26. The van der Waals surface area contributed by atoms with Gasteiger partial charge in [-0.15, -0.1) is 0 Å². The van der Waals surface area contributed by atoms with Crippen LogP contribution in [-0.2, 0) is 109 Å². The number of ether oxygens (including phenoxy) is 6. The van der Waals surface area contributed by atoms with Gasteiger partial charge < -0.3 is 42.1 Å². The third-order valence-corrected chi connectivity index (χ3v) is 30.3. The van der Waals surface area contributed by atoms with Crippen LogP contribution in [0.25, 0.3) is 0 Å². The molecule has 6 fully saturated rings. The number of hydrogen-bond donors (Lipinski definition) is 0. The van der Waals surface area contributed by atoms with Crippen molar-refractivity contribution in [2.24, 2.45) is 32.5 Å². The van der Waals surface area contributed by atoms with E-state index in [4.69, 9.17) is 14.2 Å². The standard InChI is InChI=1S/2C18H14FS.3C13H17F3O7S.C5H5N/c2*19-15-11-13-18(14-12-15)20(16-7-3-1-4-8-16)17-9-5-2-6-10-17;3*1-10(2)11(3)4-5-12(10,23-8(11)17)9(18)22-6-7(14)13(15,16)24(19,20)21;1-2-4-6-5-3-1/h2*1-14H;3*7H,4-6H2,1-3H3,(H,19,20,21);1-5H/q2*+1;;;;/p-2. The molecular weight excluding hydrogens is 1680 g/mol. The maximum atomic E-state index is 13.4. The van der Waals surface area contributed by atoms with Crippen molar-refractivity contribution < 1.29 is 149 Å². The summed E-state index contributed by atoms with van der Waals surface area (Å²) in [4.78, 5) is 82.8. The molecule has 3 aliphatic carbocycles. The molecule has 6 aliphatic rings. The molecule has 6 aromatic carbocycles. The fourth-order valence-electron chi connectivity index (χ4n) is 14.2. The minimum Gasteiger partial charge on any atom is -0.743 e. The van der Waals surface area contributed by atoms with Gasteiger partial charge in [0.2, 0.25) is 35.3 Å². The second-order valence-corrected chi connectivity index (χ2v) is 38.5. The van der Waals surface area contributed by atoms with Crippen molar-refractivity contribution in [3.8, 4) is 0 Å². The SMILES string of the molecule is CC12CCC(C(=O)OCC(F)C(F)(F)S(=O)(=O)[O-])(OC1=O)C2(C)C.CC12CCC(C(=O)OCC(F)C(F)(F)S(=O)(=O)[O-])(OC1=O)C2(C)C.CC12CCC(C(=O)OCC(F)C(F)(F)S(=O)(=O)[O-])(OC1=O)C2(C)C.Fc1ccc([S+](c2ccccc2)c2ccccc2)cc1.Fc1ccc([S+](c2ccccc2)c2ccccc2)cc1.c1cc[nH+]cc1. The Bertz CT molecular complexity index is 4590. The lowest BCUT2D eigenvalue weighted by Gasteiger charge is -2.34. The summed E-state index contributed by atoms with van der Waals surface area (Å²) in [5.74, 6) is -6.09. The highest BCUT2D eigenvalue weighted by Crippen LogP contribution is 2.68. The van der Waals surface area contributed by atoms with E-state index in [-0.39, 0.29) is 71.9 Å². The van der Waals surface area contributed by atoms with Crippen molar-refractivity contribution in [1.29, 1.82) is 0 Å². The molecule has 7 aromatic rings. The molecule has 6 bridgehead atoms. The molecule has 9 unspecified atom stereocenters. The number of fused-ring (bicyclic) bond motifs is 6. The molecule has 118 heavy (non-hydrogen) atoms. The molecular formula is C80H82F11NO21S5. The summed E-state index contributed by atoms with van der Waals surface area (Å²) < 4.78 is 267. The van der Waals surface area contributed by atoms with Gasteiger partial charge in [-0.3, -0.25) is 14.4 Å². The number of halogens is 11. The number of nitrogens with one attached hydrogen (secondary N) is 1. The summed E-state index contributed by atoms with van der Waals surface area (Å²) in [6.07, 6.45) is -5.79. The van der Waals surface area contributed by atoms with Crippen molar-refractivity contribution in [1.82, 2.24) is 0 Å². The molecule has 0 amide bonds. The Labute approximate surface area is 679 Å². The van der Waals surface area contributed by atoms with Crippen LogP contribution >= 0.6 is 0 Å². The van der Waals surface area contributed by atoms with Gasteiger partial charge >= 0.3 is 51.6 Å². The molecule has 22 nitrogen and oxygen atoms in total. The van der Waals surface area contributed by atoms with E-state index in [2.05, 4.69) is 67.7 Å². The number of aromatic nitrogens is 1. The molecule has 1 aromatic heterocycles. The Morgan fingerprint density at radius 3 is 0.737 bits per heavy atom. The average molecular weight is 1760 g/mol. The maximum Gasteiger partial charge on any atom is 0.368 e. The molecule has 13 rings (SSSR count). The lowest BCUT2D eigenvalue weighted by atomic mass is 9.66. The van der Waals surface area contributed by atoms with Gasteiger partial charge in [0.25, 0.3) is 0 Å². The normalized spacial score (nSPS) is 24.3. The molecule has 9 atom stereocenters. The van der Waals surface area contributed by atoms with Crippen LogP contribution in [0.5, 0.6) is 0 Å². The average Bonchev–Trinajstić information content (AvgIpc) is 1.53. The first-order valence-electron chi connectivity index (χ1n) is 35.8. The third kappa shape index (κ3) is 17.9. The number of carbonyl (C=O) groups excluding carboxylic acids is 6. The third-order valence-electron chi connectivity index (χ3n) is 23.0. The first-order valence-corrected chi connectivity index (χ1v) is 42.5. The van der Waals surface area contributed by atoms with Gasteiger partial charge in [0.05, 0.1) is 38.0 Å². The summed E-state index contributed by atoms with van der Waals surface area (Å²) >= 11 is 0. The number of rotatable bonds is 21. The van der Waals surface area contributed by atoms with Crippen LogP contribution < -0.4 is 4.98 Å². The molecule has 3 saturated carbocycles. The van der Waals surface area contributed by atoms with E-state index in [0.29, 0.717) is 0 Å². The molecule has 38 heteroatoms. The Morgan fingerprint density at radius 2 is 0.576 bits per heavy atom. The molecule has 0 radical (unpaired) electrons. The second-order valence-electron chi connectivity index (χ2n) is 30.1. The first kappa shape index (κ1) is 94.4.